The highest BCUT2D eigenvalue weighted by atomic mass is 79.9. The molecule has 0 unspecified atom stereocenters. The summed E-state index contributed by atoms with van der Waals surface area (Å²) in [5.74, 6) is 1.21. The van der Waals surface area contributed by atoms with E-state index in [4.69, 9.17) is 37.8 Å². The average molecular weight is 611 g/mol. The lowest BCUT2D eigenvalue weighted by atomic mass is 10.1. The summed E-state index contributed by atoms with van der Waals surface area (Å²) in [5, 5.41) is 9.48. The predicted octanol–water partition coefficient (Wildman–Crippen LogP) is 5.75. The lowest BCUT2D eigenvalue weighted by Gasteiger charge is -2.15. The van der Waals surface area contributed by atoms with E-state index in [9.17, 15) is 8.42 Å². The smallest absolute Gasteiger partial charge is 0.238 e. The van der Waals surface area contributed by atoms with Crippen LogP contribution in [-0.4, -0.2) is 22.1 Å². The molecule has 0 heterocycles. The van der Waals surface area contributed by atoms with E-state index >= 15 is 0 Å². The molecule has 0 atom stereocenters. The molecule has 0 aromatic heterocycles. The molecule has 6 nitrogen and oxygen atoms in total. The van der Waals surface area contributed by atoms with Gasteiger partial charge in [0, 0.05) is 6.54 Å². The van der Waals surface area contributed by atoms with Gasteiger partial charge in [-0.15, -0.1) is 12.4 Å². The second kappa shape index (κ2) is 13.0. The van der Waals surface area contributed by atoms with Gasteiger partial charge in [-0.1, -0.05) is 41.4 Å². The standard InChI is InChI=1S/C23H23BrCl2N2O4S.ClH/c1-31-22-12-17(13-28-9-8-15-2-5-18(6-3-15)33(27,29)30)10-19(24)23(22)32-14-16-4-7-20(25)21(26)11-16;/h2-7,10-12,28H,8-9,13-14H2,1H3,(H2,27,29,30);1H. The number of hydrogen-bond donors (Lipinski definition) is 2. The fourth-order valence-corrected chi connectivity index (χ4v) is 4.55. The van der Waals surface area contributed by atoms with Gasteiger partial charge in [0.05, 0.1) is 26.5 Å². The van der Waals surface area contributed by atoms with Gasteiger partial charge in [0.2, 0.25) is 10.0 Å². The average Bonchev–Trinajstić information content (AvgIpc) is 2.77. The number of ether oxygens (including phenoxy) is 2. The van der Waals surface area contributed by atoms with Crippen molar-refractivity contribution in [1.82, 2.24) is 5.32 Å². The van der Waals surface area contributed by atoms with Gasteiger partial charge < -0.3 is 14.8 Å². The van der Waals surface area contributed by atoms with Crippen LogP contribution in [0, 0.1) is 0 Å². The zero-order valence-corrected chi connectivity index (χ0v) is 22.9. The van der Waals surface area contributed by atoms with Crippen molar-refractivity contribution in [1.29, 1.82) is 0 Å². The summed E-state index contributed by atoms with van der Waals surface area (Å²) in [4.78, 5) is 0.109. The molecule has 0 amide bonds. The Balaban J connectivity index is 0.00000408. The Morgan fingerprint density at radius 1 is 0.971 bits per heavy atom. The first-order chi connectivity index (χ1) is 15.7. The number of halogens is 4. The van der Waals surface area contributed by atoms with E-state index in [1.54, 1.807) is 31.4 Å². The molecule has 11 heteroatoms. The normalized spacial score (nSPS) is 11.1. The van der Waals surface area contributed by atoms with Gasteiger partial charge in [0.25, 0.3) is 0 Å². The highest BCUT2D eigenvalue weighted by Crippen LogP contribution is 2.37. The molecule has 0 saturated heterocycles. The molecular weight excluding hydrogens is 587 g/mol. The van der Waals surface area contributed by atoms with Crippen molar-refractivity contribution in [3.05, 3.63) is 85.8 Å². The van der Waals surface area contributed by atoms with Crippen LogP contribution in [0.4, 0.5) is 0 Å². The van der Waals surface area contributed by atoms with Gasteiger partial charge in [0.15, 0.2) is 11.5 Å². The van der Waals surface area contributed by atoms with Crippen LogP contribution in [0.15, 0.2) is 64.0 Å². The monoisotopic (exact) mass is 608 g/mol. The molecule has 0 aliphatic heterocycles. The Labute approximate surface area is 224 Å². The SMILES string of the molecule is COc1cc(CNCCc2ccc(S(N)(=O)=O)cc2)cc(Br)c1OCc1ccc(Cl)c(Cl)c1.Cl. The molecule has 0 saturated carbocycles. The Hall–Kier alpha value is -1.52. The van der Waals surface area contributed by atoms with Crippen LogP contribution in [-0.2, 0) is 29.6 Å². The molecule has 184 valence electrons. The lowest BCUT2D eigenvalue weighted by Crippen LogP contribution is -2.17. The summed E-state index contributed by atoms with van der Waals surface area (Å²) in [7, 11) is -2.08. The van der Waals surface area contributed by atoms with Crippen molar-refractivity contribution in [2.24, 2.45) is 5.14 Å². The van der Waals surface area contributed by atoms with E-state index in [1.165, 1.54) is 12.1 Å². The molecule has 0 fully saturated rings. The first kappa shape index (κ1) is 28.7. The highest BCUT2D eigenvalue weighted by molar-refractivity contribution is 9.10. The molecule has 0 radical (unpaired) electrons. The van der Waals surface area contributed by atoms with Gasteiger partial charge in [-0.25, -0.2) is 13.6 Å². The number of benzene rings is 3. The minimum Gasteiger partial charge on any atom is -0.493 e. The number of sulfonamides is 1. The number of methoxy groups -OCH3 is 1. The Morgan fingerprint density at radius 3 is 2.26 bits per heavy atom. The van der Waals surface area contributed by atoms with Crippen LogP contribution >= 0.6 is 51.5 Å². The summed E-state index contributed by atoms with van der Waals surface area (Å²) in [6.45, 7) is 1.65. The molecule has 34 heavy (non-hydrogen) atoms. The van der Waals surface area contributed by atoms with E-state index in [0.29, 0.717) is 41.2 Å². The predicted molar refractivity (Wildman–Crippen MR) is 142 cm³/mol. The molecule has 0 aliphatic rings. The number of rotatable bonds is 10. The van der Waals surface area contributed by atoms with Gasteiger partial charge >= 0.3 is 0 Å². The van der Waals surface area contributed by atoms with Gasteiger partial charge in [-0.2, -0.15) is 0 Å². The Morgan fingerprint density at radius 2 is 1.65 bits per heavy atom. The van der Waals surface area contributed by atoms with Crippen LogP contribution in [0.2, 0.25) is 10.0 Å². The van der Waals surface area contributed by atoms with E-state index in [0.717, 1.165) is 27.6 Å². The number of nitrogens with two attached hydrogens (primary N) is 1. The largest absolute Gasteiger partial charge is 0.493 e. The molecule has 3 N–H and O–H groups in total. The van der Waals surface area contributed by atoms with E-state index in [2.05, 4.69) is 21.2 Å². The fraction of sp³-hybridized carbons (Fsp3) is 0.217. The lowest BCUT2D eigenvalue weighted by molar-refractivity contribution is 0.282. The molecule has 0 spiro atoms. The van der Waals surface area contributed by atoms with Crippen LogP contribution in [0.5, 0.6) is 11.5 Å². The summed E-state index contributed by atoms with van der Waals surface area (Å²) < 4.78 is 34.9. The molecule has 0 aliphatic carbocycles. The quantitative estimate of drug-likeness (QED) is 0.286. The van der Waals surface area contributed by atoms with Crippen molar-refractivity contribution in [2.75, 3.05) is 13.7 Å². The third-order valence-corrected chi connectivity index (χ3v) is 7.09. The minimum absolute atomic E-state index is 0. The first-order valence-electron chi connectivity index (χ1n) is 9.93. The highest BCUT2D eigenvalue weighted by Gasteiger charge is 2.13. The summed E-state index contributed by atoms with van der Waals surface area (Å²) >= 11 is 15.6. The number of primary sulfonamides is 1. The third-order valence-electron chi connectivity index (χ3n) is 4.83. The molecule has 3 rings (SSSR count). The number of nitrogens with one attached hydrogen (secondary N) is 1. The summed E-state index contributed by atoms with van der Waals surface area (Å²) in [6.07, 6.45) is 0.744. The van der Waals surface area contributed by atoms with Crippen molar-refractivity contribution in [3.63, 3.8) is 0 Å². The van der Waals surface area contributed by atoms with Gasteiger partial charge in [-0.3, -0.25) is 0 Å². The second-order valence-electron chi connectivity index (χ2n) is 7.26. The number of hydrogen-bond acceptors (Lipinski definition) is 5. The van der Waals surface area contributed by atoms with Crippen LogP contribution < -0.4 is 19.9 Å². The maximum Gasteiger partial charge on any atom is 0.238 e. The topological polar surface area (TPSA) is 90.6 Å². The second-order valence-corrected chi connectivity index (χ2v) is 10.5. The zero-order valence-electron chi connectivity index (χ0n) is 18.2. The van der Waals surface area contributed by atoms with Crippen LogP contribution in [0.25, 0.3) is 0 Å². The van der Waals surface area contributed by atoms with Crippen molar-refractivity contribution < 1.29 is 17.9 Å². The molecular formula is C23H24BrCl3N2O4S. The van der Waals surface area contributed by atoms with E-state index < -0.39 is 10.0 Å². The maximum atomic E-state index is 11.3. The maximum absolute atomic E-state index is 11.3. The zero-order chi connectivity index (χ0) is 24.0. The van der Waals surface area contributed by atoms with Crippen LogP contribution in [0.1, 0.15) is 16.7 Å². The minimum atomic E-state index is -3.67. The van der Waals surface area contributed by atoms with Crippen molar-refractivity contribution in [2.45, 2.75) is 24.5 Å². The van der Waals surface area contributed by atoms with Gasteiger partial charge in [0.1, 0.15) is 6.61 Å². The van der Waals surface area contributed by atoms with E-state index in [-0.39, 0.29) is 17.3 Å². The molecule has 3 aromatic rings. The Bertz CT molecular complexity index is 1230. The molecule has 0 bridgehead atoms. The van der Waals surface area contributed by atoms with E-state index in [1.807, 2.05) is 18.2 Å². The fourth-order valence-electron chi connectivity index (χ4n) is 3.11. The van der Waals surface area contributed by atoms with Crippen LogP contribution in [0.3, 0.4) is 0 Å². The molecule has 3 aromatic carbocycles. The first-order valence-corrected chi connectivity index (χ1v) is 13.0. The third kappa shape index (κ3) is 8.02. The summed E-state index contributed by atoms with van der Waals surface area (Å²) in [5.41, 5.74) is 2.92. The van der Waals surface area contributed by atoms with Crippen molar-refractivity contribution >= 4 is 61.6 Å². The van der Waals surface area contributed by atoms with Gasteiger partial charge in [-0.05, 0) is 82.0 Å². The Kier molecular flexibility index (Phi) is 11.0. The van der Waals surface area contributed by atoms with Crippen molar-refractivity contribution in [3.8, 4) is 11.5 Å². The summed E-state index contributed by atoms with van der Waals surface area (Å²) in [6, 6.07) is 15.8.